The van der Waals surface area contributed by atoms with Gasteiger partial charge in [0.15, 0.2) is 17.3 Å². The highest BCUT2D eigenvalue weighted by Crippen LogP contribution is 2.39. The van der Waals surface area contributed by atoms with E-state index in [9.17, 15) is 22.8 Å². The lowest BCUT2D eigenvalue weighted by Crippen LogP contribution is -2.45. The van der Waals surface area contributed by atoms with E-state index in [1.54, 1.807) is 53.4 Å². The van der Waals surface area contributed by atoms with Crippen LogP contribution in [0.4, 0.5) is 41.9 Å². The van der Waals surface area contributed by atoms with Gasteiger partial charge in [-0.15, -0.1) is 0 Å². The number of amides is 2. The molecule has 1 aromatic heterocycles. The minimum absolute atomic E-state index is 0.0777. The van der Waals surface area contributed by atoms with Gasteiger partial charge in [-0.2, -0.15) is 13.2 Å². The zero-order valence-corrected chi connectivity index (χ0v) is 26.8. The third-order valence-corrected chi connectivity index (χ3v) is 7.98. The number of anilines is 5. The first-order valence-corrected chi connectivity index (χ1v) is 15.4. The number of carbonyl (C=O) groups is 2. The molecule has 252 valence electrons. The number of para-hydroxylation sites is 2. The lowest BCUT2D eigenvalue weighted by atomic mass is 10.1. The van der Waals surface area contributed by atoms with E-state index in [2.05, 4.69) is 30.8 Å². The van der Waals surface area contributed by atoms with E-state index < -0.39 is 17.6 Å². The van der Waals surface area contributed by atoms with Gasteiger partial charge in [0.1, 0.15) is 5.75 Å². The summed E-state index contributed by atoms with van der Waals surface area (Å²) in [7, 11) is 3.46. The number of hydrogen-bond donors (Lipinski definition) is 4. The van der Waals surface area contributed by atoms with E-state index in [1.165, 1.54) is 19.2 Å². The molecule has 1 fully saturated rings. The summed E-state index contributed by atoms with van der Waals surface area (Å²) in [5.41, 5.74) is 7.04. The molecule has 0 spiro atoms. The maximum atomic E-state index is 14.2. The zero-order valence-electron chi connectivity index (χ0n) is 26.8. The van der Waals surface area contributed by atoms with Crippen molar-refractivity contribution in [1.82, 2.24) is 14.9 Å². The molecule has 0 aliphatic carbocycles. The van der Waals surface area contributed by atoms with Gasteiger partial charge in [0.2, 0.25) is 0 Å². The smallest absolute Gasteiger partial charge is 0.418 e. The van der Waals surface area contributed by atoms with Crippen LogP contribution in [-0.2, 0) is 19.1 Å². The summed E-state index contributed by atoms with van der Waals surface area (Å²) in [5, 5.41) is 8.88. The van der Waals surface area contributed by atoms with Crippen LogP contribution in [-0.4, -0.2) is 67.0 Å². The molecule has 5 N–H and O–H groups in total. The van der Waals surface area contributed by atoms with Crippen molar-refractivity contribution in [1.29, 1.82) is 0 Å². The Labute approximate surface area is 276 Å². The number of piperazine rings is 1. The highest BCUT2D eigenvalue weighted by atomic mass is 19.4. The number of carbonyl (C=O) groups excluding carboxylic acids is 2. The van der Waals surface area contributed by atoms with Crippen molar-refractivity contribution in [2.24, 2.45) is 5.73 Å². The number of primary amides is 1. The number of nitrogens with one attached hydrogen (secondary N) is 3. The van der Waals surface area contributed by atoms with Crippen molar-refractivity contribution in [3.63, 3.8) is 0 Å². The Bertz CT molecular complexity index is 1770. The van der Waals surface area contributed by atoms with Crippen molar-refractivity contribution >= 4 is 40.5 Å². The van der Waals surface area contributed by atoms with Gasteiger partial charge < -0.3 is 36.2 Å². The molecule has 11 nitrogen and oxygen atoms in total. The largest absolute Gasteiger partial charge is 0.495 e. The first-order chi connectivity index (χ1) is 23.0. The number of benzene rings is 3. The van der Waals surface area contributed by atoms with Crippen LogP contribution in [0, 0.1) is 0 Å². The van der Waals surface area contributed by atoms with Crippen LogP contribution in [0.25, 0.3) is 0 Å². The number of nitrogens with zero attached hydrogens (tertiary/aromatic N) is 4. The number of halogens is 3. The molecule has 2 heterocycles. The zero-order chi connectivity index (χ0) is 34.4. The predicted octanol–water partition coefficient (Wildman–Crippen LogP) is 5.53. The van der Waals surface area contributed by atoms with Crippen LogP contribution in [0.1, 0.15) is 44.6 Å². The van der Waals surface area contributed by atoms with Crippen LogP contribution >= 0.6 is 0 Å². The van der Waals surface area contributed by atoms with Crippen molar-refractivity contribution in [3.05, 3.63) is 94.8 Å². The lowest BCUT2D eigenvalue weighted by Gasteiger charge is -2.35. The summed E-state index contributed by atoms with van der Waals surface area (Å²) in [4.78, 5) is 37.9. The second-order valence-corrected chi connectivity index (χ2v) is 11.3. The second kappa shape index (κ2) is 14.6. The molecule has 0 atom stereocenters. The fraction of sp³-hybridized carbons (Fsp3) is 0.294. The molecule has 3 aromatic carbocycles. The maximum Gasteiger partial charge on any atom is 0.418 e. The molecule has 48 heavy (non-hydrogen) atoms. The number of rotatable bonds is 11. The third kappa shape index (κ3) is 7.94. The van der Waals surface area contributed by atoms with Crippen LogP contribution < -0.4 is 31.3 Å². The molecule has 1 aliphatic heterocycles. The Balaban J connectivity index is 1.35. The molecule has 2 amide bonds. The molecule has 0 unspecified atom stereocenters. The minimum Gasteiger partial charge on any atom is -0.495 e. The highest BCUT2D eigenvalue weighted by molar-refractivity contribution is 6.05. The second-order valence-electron chi connectivity index (χ2n) is 11.3. The van der Waals surface area contributed by atoms with Crippen LogP contribution in [0.3, 0.4) is 0 Å². The molecule has 14 heteroatoms. The number of likely N-dealkylation sites (N-methyl/N-ethyl adjacent to an activating group) is 1. The molecule has 1 aliphatic rings. The number of nitrogens with two attached hydrogens (primary N) is 1. The van der Waals surface area contributed by atoms with Crippen molar-refractivity contribution in [2.75, 3.05) is 61.2 Å². The van der Waals surface area contributed by atoms with Crippen LogP contribution in [0.2, 0.25) is 0 Å². The summed E-state index contributed by atoms with van der Waals surface area (Å²) >= 11 is 0. The summed E-state index contributed by atoms with van der Waals surface area (Å²) in [6.45, 7) is 4.35. The Kier molecular flexibility index (Phi) is 10.3. The Morgan fingerprint density at radius 3 is 2.31 bits per heavy atom. The van der Waals surface area contributed by atoms with Gasteiger partial charge in [-0.05, 0) is 61.5 Å². The summed E-state index contributed by atoms with van der Waals surface area (Å²) in [6.07, 6.45) is -4.21. The average Bonchev–Trinajstić information content (AvgIpc) is 3.07. The molecule has 4 aromatic rings. The van der Waals surface area contributed by atoms with Gasteiger partial charge in [-0.1, -0.05) is 31.2 Å². The standard InChI is InChI=1S/C34H37F3N8O3/c1-4-25-31(39-20-21-9-11-22(12-10-21)33(47)42-26-7-5-6-8-28(26)48-3)43-32(29(41-25)30(38)46)40-23-13-14-27(24(19-23)34(35,36)37)45-17-15-44(2)16-18-45/h5-14,19H,4,15-18,20H2,1-3H3,(H2,38,46)(H,42,47)(H2,39,40,43). The van der Waals surface area contributed by atoms with E-state index in [4.69, 9.17) is 10.5 Å². The Hall–Kier alpha value is -5.37. The molecular formula is C34H37F3N8O3. The molecule has 0 radical (unpaired) electrons. The predicted molar refractivity (Wildman–Crippen MR) is 179 cm³/mol. The average molecular weight is 663 g/mol. The third-order valence-electron chi connectivity index (χ3n) is 7.98. The number of aryl methyl sites for hydroxylation is 1. The van der Waals surface area contributed by atoms with Gasteiger partial charge in [-0.25, -0.2) is 9.97 Å². The van der Waals surface area contributed by atoms with E-state index in [1.807, 2.05) is 14.0 Å². The topological polar surface area (TPSA) is 138 Å². The molecule has 0 bridgehead atoms. The van der Waals surface area contributed by atoms with Crippen molar-refractivity contribution in [2.45, 2.75) is 26.1 Å². The number of hydrogen-bond acceptors (Lipinski definition) is 9. The normalized spacial score (nSPS) is 13.6. The first kappa shape index (κ1) is 34.0. The van der Waals surface area contributed by atoms with E-state index >= 15 is 0 Å². The van der Waals surface area contributed by atoms with E-state index in [0.29, 0.717) is 61.1 Å². The monoisotopic (exact) mass is 662 g/mol. The Morgan fingerprint density at radius 2 is 1.67 bits per heavy atom. The molecule has 0 saturated carbocycles. The summed E-state index contributed by atoms with van der Waals surface area (Å²) in [6, 6.07) is 18.0. The van der Waals surface area contributed by atoms with E-state index in [0.717, 1.165) is 11.6 Å². The van der Waals surface area contributed by atoms with Gasteiger partial charge in [0.05, 0.1) is 24.1 Å². The minimum atomic E-state index is -4.61. The lowest BCUT2D eigenvalue weighted by molar-refractivity contribution is -0.137. The Morgan fingerprint density at radius 1 is 0.958 bits per heavy atom. The molecular weight excluding hydrogens is 625 g/mol. The number of alkyl halides is 3. The molecule has 1 saturated heterocycles. The number of methoxy groups -OCH3 is 1. The van der Waals surface area contributed by atoms with Crippen LogP contribution in [0.5, 0.6) is 5.75 Å². The maximum absolute atomic E-state index is 14.2. The SMILES string of the molecule is CCc1nc(C(N)=O)c(Nc2ccc(N3CCN(C)CC3)c(C(F)(F)F)c2)nc1NCc1ccc(C(=O)Nc2ccccc2OC)cc1. The molecule has 5 rings (SSSR count). The van der Waals surface area contributed by atoms with Gasteiger partial charge in [-0.3, -0.25) is 9.59 Å². The fourth-order valence-corrected chi connectivity index (χ4v) is 5.32. The number of ether oxygens (including phenoxy) is 1. The van der Waals surface area contributed by atoms with Gasteiger partial charge >= 0.3 is 6.18 Å². The summed E-state index contributed by atoms with van der Waals surface area (Å²) < 4.78 is 48.0. The van der Waals surface area contributed by atoms with E-state index in [-0.39, 0.29) is 35.3 Å². The fourth-order valence-electron chi connectivity index (χ4n) is 5.32. The first-order valence-electron chi connectivity index (χ1n) is 15.4. The highest BCUT2D eigenvalue weighted by Gasteiger charge is 2.36. The van der Waals surface area contributed by atoms with Crippen molar-refractivity contribution < 1.29 is 27.5 Å². The summed E-state index contributed by atoms with van der Waals surface area (Å²) in [5.74, 6) is -0.391. The van der Waals surface area contributed by atoms with Crippen molar-refractivity contribution in [3.8, 4) is 5.75 Å². The van der Waals surface area contributed by atoms with Gasteiger partial charge in [0.25, 0.3) is 11.8 Å². The number of aromatic nitrogens is 2. The van der Waals surface area contributed by atoms with Crippen LogP contribution in [0.15, 0.2) is 66.7 Å². The van der Waals surface area contributed by atoms with Gasteiger partial charge in [0, 0.05) is 49.7 Å². The quantitative estimate of drug-likeness (QED) is 0.164.